The number of halogens is 1. The van der Waals surface area contributed by atoms with Gasteiger partial charge in [-0.1, -0.05) is 11.6 Å². The third-order valence-corrected chi connectivity index (χ3v) is 4.89. The predicted octanol–water partition coefficient (Wildman–Crippen LogP) is 1.39. The highest BCUT2D eigenvalue weighted by atomic mass is 35.5. The highest BCUT2D eigenvalue weighted by Gasteiger charge is 2.15. The van der Waals surface area contributed by atoms with Crippen molar-refractivity contribution in [3.05, 3.63) is 29.3 Å². The van der Waals surface area contributed by atoms with Crippen molar-refractivity contribution in [2.45, 2.75) is 23.8 Å². The predicted molar refractivity (Wildman–Crippen MR) is 78.5 cm³/mol. The van der Waals surface area contributed by atoms with E-state index in [0.29, 0.717) is 11.6 Å². The Hall–Kier alpha value is -0.660. The first-order valence-corrected chi connectivity index (χ1v) is 8.51. The molecule has 20 heavy (non-hydrogen) atoms. The summed E-state index contributed by atoms with van der Waals surface area (Å²) in [5.74, 6) is 0. The molecule has 1 fully saturated rings. The smallest absolute Gasteiger partial charge is 0.240 e. The summed E-state index contributed by atoms with van der Waals surface area (Å²) in [5, 5.41) is 3.77. The van der Waals surface area contributed by atoms with Crippen LogP contribution in [0.1, 0.15) is 12.8 Å². The van der Waals surface area contributed by atoms with E-state index in [0.717, 1.165) is 25.9 Å². The highest BCUT2D eigenvalue weighted by molar-refractivity contribution is 7.89. The Morgan fingerprint density at radius 2 is 1.90 bits per heavy atom. The first-order valence-electron chi connectivity index (χ1n) is 6.65. The lowest BCUT2D eigenvalue weighted by Crippen LogP contribution is -2.34. The topological polar surface area (TPSA) is 67.4 Å². The lowest BCUT2D eigenvalue weighted by atomic mass is 10.1. The molecule has 0 aliphatic carbocycles. The van der Waals surface area contributed by atoms with Crippen LogP contribution in [-0.4, -0.2) is 40.8 Å². The molecular weight excluding hydrogens is 300 g/mol. The maximum atomic E-state index is 12.0. The summed E-state index contributed by atoms with van der Waals surface area (Å²) >= 11 is 5.73. The van der Waals surface area contributed by atoms with Crippen molar-refractivity contribution < 1.29 is 13.2 Å². The van der Waals surface area contributed by atoms with Crippen LogP contribution in [0.5, 0.6) is 0 Å². The van der Waals surface area contributed by atoms with Crippen LogP contribution in [-0.2, 0) is 14.8 Å². The van der Waals surface area contributed by atoms with Gasteiger partial charge in [-0.25, -0.2) is 13.1 Å². The molecule has 0 unspecified atom stereocenters. The third-order valence-electron chi connectivity index (χ3n) is 3.16. The fraction of sp³-hybridized carbons (Fsp3) is 0.538. The summed E-state index contributed by atoms with van der Waals surface area (Å²) in [5.41, 5.74) is 0. The number of ether oxygens (including phenoxy) is 1. The normalized spacial score (nSPS) is 17.2. The van der Waals surface area contributed by atoms with E-state index in [2.05, 4.69) is 10.0 Å². The Kier molecular flexibility index (Phi) is 5.80. The second-order valence-corrected chi connectivity index (χ2v) is 6.88. The Labute approximate surface area is 124 Å². The van der Waals surface area contributed by atoms with Gasteiger partial charge < -0.3 is 10.1 Å². The van der Waals surface area contributed by atoms with E-state index in [9.17, 15) is 8.42 Å². The summed E-state index contributed by atoms with van der Waals surface area (Å²) in [6, 6.07) is 6.08. The van der Waals surface area contributed by atoms with Gasteiger partial charge in [0, 0.05) is 11.6 Å². The minimum absolute atomic E-state index is 0.212. The average Bonchev–Trinajstić information content (AvgIpc) is 2.45. The van der Waals surface area contributed by atoms with Crippen LogP contribution in [0.25, 0.3) is 0 Å². The molecule has 1 aromatic rings. The van der Waals surface area contributed by atoms with Gasteiger partial charge in [0.1, 0.15) is 0 Å². The first kappa shape index (κ1) is 15.7. The molecule has 5 nitrogen and oxygen atoms in total. The third kappa shape index (κ3) is 4.71. The molecule has 1 saturated heterocycles. The number of nitrogens with one attached hydrogen (secondary N) is 2. The molecule has 1 heterocycles. The van der Waals surface area contributed by atoms with Crippen LogP contribution >= 0.6 is 11.6 Å². The Bertz CT molecular complexity index is 513. The van der Waals surface area contributed by atoms with Gasteiger partial charge in [-0.3, -0.25) is 0 Å². The quantitative estimate of drug-likeness (QED) is 0.778. The van der Waals surface area contributed by atoms with E-state index in [4.69, 9.17) is 16.3 Å². The Morgan fingerprint density at radius 1 is 1.25 bits per heavy atom. The van der Waals surface area contributed by atoms with Crippen LogP contribution in [0.4, 0.5) is 0 Å². The van der Waals surface area contributed by atoms with Gasteiger partial charge in [0.25, 0.3) is 0 Å². The Morgan fingerprint density at radius 3 is 2.55 bits per heavy atom. The largest absolute Gasteiger partial charge is 0.377 e. The van der Waals surface area contributed by atoms with Gasteiger partial charge in [-0.05, 0) is 50.2 Å². The molecule has 112 valence electrons. The van der Waals surface area contributed by atoms with Crippen molar-refractivity contribution >= 4 is 21.6 Å². The van der Waals surface area contributed by atoms with E-state index in [1.165, 1.54) is 12.1 Å². The maximum Gasteiger partial charge on any atom is 0.240 e. The van der Waals surface area contributed by atoms with Crippen LogP contribution in [0, 0.1) is 0 Å². The summed E-state index contributed by atoms with van der Waals surface area (Å²) in [7, 11) is -3.48. The second kappa shape index (κ2) is 7.38. The van der Waals surface area contributed by atoms with E-state index < -0.39 is 10.0 Å². The molecule has 0 amide bonds. The molecule has 0 radical (unpaired) electrons. The van der Waals surface area contributed by atoms with Gasteiger partial charge in [-0.15, -0.1) is 0 Å². The average molecular weight is 319 g/mol. The maximum absolute atomic E-state index is 12.0. The summed E-state index contributed by atoms with van der Waals surface area (Å²) < 4.78 is 32.1. The lowest BCUT2D eigenvalue weighted by molar-refractivity contribution is 0.0367. The van der Waals surface area contributed by atoms with Gasteiger partial charge in [-0.2, -0.15) is 0 Å². The number of sulfonamides is 1. The lowest BCUT2D eigenvalue weighted by Gasteiger charge is -2.22. The van der Waals surface area contributed by atoms with Crippen LogP contribution in [0.2, 0.25) is 5.02 Å². The molecule has 1 aliphatic heterocycles. The number of hydrogen-bond donors (Lipinski definition) is 2. The van der Waals surface area contributed by atoms with E-state index >= 15 is 0 Å². The first-order chi connectivity index (χ1) is 9.58. The number of hydrogen-bond acceptors (Lipinski definition) is 4. The SMILES string of the molecule is O=S(=O)(NCCOC1CCNCC1)c1ccc(Cl)cc1. The molecule has 7 heteroatoms. The van der Waals surface area contributed by atoms with Crippen molar-refractivity contribution in [1.82, 2.24) is 10.0 Å². The van der Waals surface area contributed by atoms with Crippen LogP contribution < -0.4 is 10.0 Å². The van der Waals surface area contributed by atoms with Gasteiger partial charge >= 0.3 is 0 Å². The number of benzene rings is 1. The van der Waals surface area contributed by atoms with Crippen molar-refractivity contribution in [3.63, 3.8) is 0 Å². The molecule has 1 aromatic carbocycles. The van der Waals surface area contributed by atoms with Crippen molar-refractivity contribution in [2.24, 2.45) is 0 Å². The standard InChI is InChI=1S/C13H19ClN2O3S/c14-11-1-3-13(4-2-11)20(17,18)16-9-10-19-12-5-7-15-8-6-12/h1-4,12,15-16H,5-10H2. The van der Waals surface area contributed by atoms with Crippen molar-refractivity contribution in [2.75, 3.05) is 26.2 Å². The number of piperidine rings is 1. The Balaban J connectivity index is 1.76. The minimum Gasteiger partial charge on any atom is -0.377 e. The zero-order chi connectivity index (χ0) is 14.4. The van der Waals surface area contributed by atoms with Crippen LogP contribution in [0.15, 0.2) is 29.2 Å². The molecule has 2 N–H and O–H groups in total. The van der Waals surface area contributed by atoms with Crippen LogP contribution in [0.3, 0.4) is 0 Å². The summed E-state index contributed by atoms with van der Waals surface area (Å²) in [4.78, 5) is 0.212. The van der Waals surface area contributed by atoms with E-state index in [-0.39, 0.29) is 17.5 Å². The van der Waals surface area contributed by atoms with Gasteiger partial charge in [0.2, 0.25) is 10.0 Å². The minimum atomic E-state index is -3.48. The second-order valence-electron chi connectivity index (χ2n) is 4.67. The summed E-state index contributed by atoms with van der Waals surface area (Å²) in [6.07, 6.45) is 2.18. The molecular formula is C13H19ClN2O3S. The highest BCUT2D eigenvalue weighted by Crippen LogP contribution is 2.13. The zero-order valence-electron chi connectivity index (χ0n) is 11.1. The van der Waals surface area contributed by atoms with Gasteiger partial charge in [0.15, 0.2) is 0 Å². The molecule has 0 aromatic heterocycles. The number of rotatable bonds is 6. The summed E-state index contributed by atoms with van der Waals surface area (Å²) in [6.45, 7) is 2.58. The van der Waals surface area contributed by atoms with E-state index in [1.54, 1.807) is 12.1 Å². The monoisotopic (exact) mass is 318 g/mol. The van der Waals surface area contributed by atoms with Gasteiger partial charge in [0.05, 0.1) is 17.6 Å². The molecule has 0 saturated carbocycles. The van der Waals surface area contributed by atoms with Crippen molar-refractivity contribution in [3.8, 4) is 0 Å². The van der Waals surface area contributed by atoms with E-state index in [1.807, 2.05) is 0 Å². The fourth-order valence-corrected chi connectivity index (χ4v) is 3.20. The fourth-order valence-electron chi connectivity index (χ4n) is 2.06. The molecule has 0 atom stereocenters. The molecule has 0 spiro atoms. The zero-order valence-corrected chi connectivity index (χ0v) is 12.7. The molecule has 2 rings (SSSR count). The van der Waals surface area contributed by atoms with Crippen molar-refractivity contribution in [1.29, 1.82) is 0 Å². The molecule has 0 bridgehead atoms. The molecule has 1 aliphatic rings.